The lowest BCUT2D eigenvalue weighted by Crippen LogP contribution is -2.66. The molecule has 0 spiro atoms. The van der Waals surface area contributed by atoms with Crippen molar-refractivity contribution in [2.75, 3.05) is 19.0 Å². The molecule has 1 saturated carbocycles. The van der Waals surface area contributed by atoms with Gasteiger partial charge in [-0.15, -0.1) is 0 Å². The lowest BCUT2D eigenvalue weighted by Gasteiger charge is -2.43. The third-order valence-corrected chi connectivity index (χ3v) is 16.9. The van der Waals surface area contributed by atoms with Crippen molar-refractivity contribution in [3.05, 3.63) is 78.5 Å². The summed E-state index contributed by atoms with van der Waals surface area (Å²) in [6.45, 7) is 13.9. The number of hydrogen-bond donors (Lipinski definition) is 0. The first-order chi connectivity index (χ1) is 23.9. The zero-order valence-electron chi connectivity index (χ0n) is 31.2. The van der Waals surface area contributed by atoms with Gasteiger partial charge in [-0.3, -0.25) is 4.79 Å². The second kappa shape index (κ2) is 18.5. The van der Waals surface area contributed by atoms with Crippen molar-refractivity contribution in [1.82, 2.24) is 4.98 Å². The van der Waals surface area contributed by atoms with Gasteiger partial charge < -0.3 is 13.9 Å². The number of benzene rings is 2. The van der Waals surface area contributed by atoms with Gasteiger partial charge in [0.2, 0.25) is 5.88 Å². The largest absolute Gasteiger partial charge is 0.473 e. The normalized spacial score (nSPS) is 17.6. The quantitative estimate of drug-likeness (QED) is 0.0966. The Labute approximate surface area is 302 Å². The molecular formula is C41H59NO6SSi. The molecule has 4 rings (SSSR count). The second-order valence-corrected chi connectivity index (χ2v) is 21.4. The molecule has 50 heavy (non-hydrogen) atoms. The van der Waals surface area contributed by atoms with Crippen molar-refractivity contribution >= 4 is 34.5 Å². The minimum Gasteiger partial charge on any atom is -0.473 e. The summed E-state index contributed by atoms with van der Waals surface area (Å²) in [5.41, 5.74) is 0.683. The number of aryl methyl sites for hydroxylation is 1. The van der Waals surface area contributed by atoms with E-state index in [0.717, 1.165) is 57.8 Å². The molecule has 0 amide bonds. The Balaban J connectivity index is 1.40. The highest BCUT2D eigenvalue weighted by atomic mass is 32.2. The maximum absolute atomic E-state index is 13.5. The fourth-order valence-corrected chi connectivity index (χ4v) is 13.1. The van der Waals surface area contributed by atoms with Crippen LogP contribution in [-0.2, 0) is 23.8 Å². The fourth-order valence-electron chi connectivity index (χ4n) is 7.26. The molecule has 274 valence electrons. The average molecular weight is 722 g/mol. The van der Waals surface area contributed by atoms with Crippen LogP contribution in [0, 0.1) is 18.8 Å². The first-order valence-corrected chi connectivity index (χ1v) is 22.2. The summed E-state index contributed by atoms with van der Waals surface area (Å²) in [5, 5.41) is 2.46. The van der Waals surface area contributed by atoms with Gasteiger partial charge in [0.25, 0.3) is 8.32 Å². The van der Waals surface area contributed by atoms with Crippen LogP contribution in [0.4, 0.5) is 0 Å². The summed E-state index contributed by atoms with van der Waals surface area (Å²) < 4.78 is 46.1. The van der Waals surface area contributed by atoms with Gasteiger partial charge in [0, 0.05) is 12.3 Å². The molecule has 1 fully saturated rings. The Morgan fingerprint density at radius 3 is 2.22 bits per heavy atom. The van der Waals surface area contributed by atoms with Crippen molar-refractivity contribution in [3.63, 3.8) is 0 Å². The van der Waals surface area contributed by atoms with E-state index in [1.54, 1.807) is 12.1 Å². The number of pyridine rings is 1. The third-order valence-electron chi connectivity index (χ3n) is 10.2. The number of carbonyl (C=O) groups excluding carboxylic acids is 1. The van der Waals surface area contributed by atoms with Gasteiger partial charge in [0.15, 0.2) is 9.84 Å². The number of aromatic nitrogens is 1. The molecule has 3 aromatic rings. The lowest BCUT2D eigenvalue weighted by molar-refractivity contribution is -0.144. The topological polar surface area (TPSA) is 91.8 Å². The second-order valence-electron chi connectivity index (χ2n) is 15.0. The van der Waals surface area contributed by atoms with E-state index in [4.69, 9.17) is 13.9 Å². The van der Waals surface area contributed by atoms with E-state index in [0.29, 0.717) is 30.7 Å². The number of esters is 1. The van der Waals surface area contributed by atoms with Crippen molar-refractivity contribution in [2.24, 2.45) is 11.8 Å². The van der Waals surface area contributed by atoms with E-state index in [1.807, 2.05) is 6.92 Å². The Hall–Kier alpha value is -3.01. The number of carbonyl (C=O) groups is 1. The summed E-state index contributed by atoms with van der Waals surface area (Å²) in [6, 6.07) is 24.7. The SMILES string of the molecule is CCCC[C@@H](CC)COC(=O)CCS(=O)(=O)c1ccc(C)nc1O[C@@H]1CCC[C@H](CCO[Si](c2ccccc2)(c2ccccc2)C(C)(C)C)C1. The summed E-state index contributed by atoms with van der Waals surface area (Å²) in [6.07, 6.45) is 8.38. The van der Waals surface area contributed by atoms with Crippen LogP contribution in [0.15, 0.2) is 77.7 Å². The van der Waals surface area contributed by atoms with Crippen LogP contribution in [0.5, 0.6) is 5.88 Å². The third kappa shape index (κ3) is 10.5. The molecule has 0 unspecified atom stereocenters. The first kappa shape index (κ1) is 39.8. The predicted molar refractivity (Wildman–Crippen MR) is 204 cm³/mol. The lowest BCUT2D eigenvalue weighted by atomic mass is 9.85. The Morgan fingerprint density at radius 2 is 1.62 bits per heavy atom. The van der Waals surface area contributed by atoms with Gasteiger partial charge in [-0.25, -0.2) is 13.4 Å². The van der Waals surface area contributed by atoms with Crippen molar-refractivity contribution < 1.29 is 27.1 Å². The molecule has 0 saturated heterocycles. The van der Waals surface area contributed by atoms with Crippen LogP contribution < -0.4 is 15.1 Å². The van der Waals surface area contributed by atoms with Crippen LogP contribution in [-0.4, -0.2) is 52.8 Å². The maximum atomic E-state index is 13.5. The van der Waals surface area contributed by atoms with Crippen LogP contribution in [0.2, 0.25) is 5.04 Å². The molecule has 0 bridgehead atoms. The van der Waals surface area contributed by atoms with Gasteiger partial charge in [0.05, 0.1) is 18.8 Å². The van der Waals surface area contributed by atoms with Crippen molar-refractivity contribution in [1.29, 1.82) is 0 Å². The molecule has 0 radical (unpaired) electrons. The molecule has 0 N–H and O–H groups in total. The molecule has 9 heteroatoms. The average Bonchev–Trinajstić information content (AvgIpc) is 3.10. The molecule has 1 aliphatic carbocycles. The van der Waals surface area contributed by atoms with E-state index < -0.39 is 24.1 Å². The highest BCUT2D eigenvalue weighted by molar-refractivity contribution is 7.91. The molecule has 0 aliphatic heterocycles. The minimum absolute atomic E-state index is 0.0439. The zero-order chi connectivity index (χ0) is 36.2. The van der Waals surface area contributed by atoms with Gasteiger partial charge in [0.1, 0.15) is 11.0 Å². The standard InChI is InChI=1S/C41H59NO6SSi/c1-7-9-17-33(8-2)31-46-39(43)27-29-49(44,45)38-25-24-32(3)42-40(38)48-35-19-16-18-34(30-35)26-28-47-50(41(4,5)6,36-20-12-10-13-21-36)37-22-14-11-15-23-37/h10-15,20-25,33-35H,7-9,16-19,26-31H2,1-6H3/t33-,34-,35-/m1/s1. The van der Waals surface area contributed by atoms with Crippen LogP contribution >= 0.6 is 0 Å². The number of rotatable bonds is 18. The van der Waals surface area contributed by atoms with Gasteiger partial charge in [-0.1, -0.05) is 121 Å². The van der Waals surface area contributed by atoms with Gasteiger partial charge >= 0.3 is 5.97 Å². The number of sulfone groups is 1. The summed E-state index contributed by atoms with van der Waals surface area (Å²) in [7, 11) is -6.45. The van der Waals surface area contributed by atoms with Crippen molar-refractivity contribution in [2.45, 2.75) is 122 Å². The molecule has 1 aliphatic rings. The van der Waals surface area contributed by atoms with Crippen LogP contribution in [0.25, 0.3) is 0 Å². The Bertz CT molecular complexity index is 1550. The molecular weight excluding hydrogens is 663 g/mol. The molecule has 7 nitrogen and oxygen atoms in total. The number of ether oxygens (including phenoxy) is 2. The summed E-state index contributed by atoms with van der Waals surface area (Å²) in [5.74, 6) is 0.0000207. The zero-order valence-corrected chi connectivity index (χ0v) is 33.0. The minimum atomic E-state index is -3.83. The number of hydrogen-bond acceptors (Lipinski definition) is 7. The van der Waals surface area contributed by atoms with Gasteiger partial charge in [-0.2, -0.15) is 0 Å². The fraction of sp³-hybridized carbons (Fsp3) is 0.561. The smallest absolute Gasteiger partial charge is 0.306 e. The van der Waals surface area contributed by atoms with E-state index in [9.17, 15) is 13.2 Å². The molecule has 2 aromatic carbocycles. The number of nitrogens with zero attached hydrogens (tertiary/aromatic N) is 1. The van der Waals surface area contributed by atoms with E-state index >= 15 is 0 Å². The highest BCUT2D eigenvalue weighted by Gasteiger charge is 2.50. The molecule has 1 aromatic heterocycles. The summed E-state index contributed by atoms with van der Waals surface area (Å²) >= 11 is 0. The summed E-state index contributed by atoms with van der Waals surface area (Å²) in [4.78, 5) is 17.1. The molecule has 3 atom stereocenters. The Morgan fingerprint density at radius 1 is 0.960 bits per heavy atom. The van der Waals surface area contributed by atoms with Crippen molar-refractivity contribution in [3.8, 4) is 5.88 Å². The predicted octanol–water partition coefficient (Wildman–Crippen LogP) is 8.22. The number of unbranched alkanes of at least 4 members (excludes halogenated alkanes) is 1. The monoisotopic (exact) mass is 721 g/mol. The van der Waals surface area contributed by atoms with E-state index in [2.05, 4.69) is 100 Å². The molecule has 1 heterocycles. The van der Waals surface area contributed by atoms with Crippen LogP contribution in [0.1, 0.15) is 105 Å². The van der Waals surface area contributed by atoms with E-state index in [-0.39, 0.29) is 34.1 Å². The van der Waals surface area contributed by atoms with E-state index in [1.165, 1.54) is 10.4 Å². The maximum Gasteiger partial charge on any atom is 0.306 e. The Kier molecular flexibility index (Phi) is 14.7. The first-order valence-electron chi connectivity index (χ1n) is 18.7. The van der Waals surface area contributed by atoms with Crippen LogP contribution in [0.3, 0.4) is 0 Å². The van der Waals surface area contributed by atoms with Gasteiger partial charge in [-0.05, 0) is 78.4 Å². The highest BCUT2D eigenvalue weighted by Crippen LogP contribution is 2.38.